The van der Waals surface area contributed by atoms with Crippen LogP contribution in [0.2, 0.25) is 0 Å². The molecule has 0 aromatic heterocycles. The molecule has 0 unspecified atom stereocenters. The van der Waals surface area contributed by atoms with Gasteiger partial charge in [-0.1, -0.05) is 12.1 Å². The number of nitrogens with zero attached hydrogens (tertiary/aromatic N) is 1. The smallest absolute Gasteiger partial charge is 0.128 e. The fourth-order valence-electron chi connectivity index (χ4n) is 1.87. The molecule has 4 nitrogen and oxygen atoms in total. The quantitative estimate of drug-likeness (QED) is 0.640. The number of hydrogen-bond donors (Lipinski definition) is 1. The maximum Gasteiger partial charge on any atom is 0.128 e. The zero-order chi connectivity index (χ0) is 12.1. The highest BCUT2D eigenvalue weighted by Gasteiger charge is 2.15. The second-order valence-corrected chi connectivity index (χ2v) is 3.91. The first-order chi connectivity index (χ1) is 8.31. The van der Waals surface area contributed by atoms with Gasteiger partial charge in [0.1, 0.15) is 11.6 Å². The van der Waals surface area contributed by atoms with Crippen molar-refractivity contribution >= 4 is 5.84 Å². The Hall–Kier alpha value is -1.55. The molecule has 1 aliphatic rings. The number of benzene rings is 1. The van der Waals surface area contributed by atoms with Crippen molar-refractivity contribution in [3.63, 3.8) is 0 Å². The van der Waals surface area contributed by atoms with Crippen molar-refractivity contribution in [2.45, 2.75) is 6.92 Å². The van der Waals surface area contributed by atoms with E-state index in [4.69, 9.17) is 14.9 Å². The van der Waals surface area contributed by atoms with E-state index in [1.807, 2.05) is 36.1 Å². The summed E-state index contributed by atoms with van der Waals surface area (Å²) in [4.78, 5) is 2.04. The van der Waals surface area contributed by atoms with Crippen molar-refractivity contribution in [1.82, 2.24) is 4.90 Å². The van der Waals surface area contributed by atoms with Gasteiger partial charge in [-0.25, -0.2) is 0 Å². The third kappa shape index (κ3) is 2.97. The zero-order valence-corrected chi connectivity index (χ0v) is 10.1. The minimum atomic E-state index is 0.551. The summed E-state index contributed by atoms with van der Waals surface area (Å²) in [5.74, 6) is 1.37. The molecular formula is C13H18N2O2. The maximum absolute atomic E-state index is 8.17. The van der Waals surface area contributed by atoms with Crippen LogP contribution in [0.3, 0.4) is 0 Å². The van der Waals surface area contributed by atoms with E-state index in [0.717, 1.165) is 24.4 Å². The highest BCUT2D eigenvalue weighted by Crippen LogP contribution is 2.15. The van der Waals surface area contributed by atoms with Crippen LogP contribution < -0.4 is 4.74 Å². The van der Waals surface area contributed by atoms with E-state index in [1.165, 1.54) is 0 Å². The van der Waals surface area contributed by atoms with Crippen molar-refractivity contribution in [1.29, 1.82) is 5.41 Å². The first-order valence-electron chi connectivity index (χ1n) is 5.95. The number of nitrogens with one attached hydrogen (secondary N) is 1. The van der Waals surface area contributed by atoms with Crippen LogP contribution in [-0.4, -0.2) is 43.6 Å². The van der Waals surface area contributed by atoms with Gasteiger partial charge in [-0.2, -0.15) is 0 Å². The predicted octanol–water partition coefficient (Wildman–Crippen LogP) is 1.74. The summed E-state index contributed by atoms with van der Waals surface area (Å²) in [6.45, 7) is 5.59. The Morgan fingerprint density at radius 3 is 2.88 bits per heavy atom. The molecule has 0 saturated carbocycles. The van der Waals surface area contributed by atoms with Crippen LogP contribution in [0.25, 0.3) is 0 Å². The fourth-order valence-corrected chi connectivity index (χ4v) is 1.87. The summed E-state index contributed by atoms with van der Waals surface area (Å²) in [5.41, 5.74) is 0.901. The predicted molar refractivity (Wildman–Crippen MR) is 66.8 cm³/mol. The zero-order valence-electron chi connectivity index (χ0n) is 10.1. The summed E-state index contributed by atoms with van der Waals surface area (Å²) < 4.78 is 10.7. The van der Waals surface area contributed by atoms with Crippen molar-refractivity contribution in [3.8, 4) is 5.75 Å². The number of rotatable bonds is 3. The van der Waals surface area contributed by atoms with Crippen LogP contribution in [0.5, 0.6) is 5.75 Å². The van der Waals surface area contributed by atoms with E-state index in [-0.39, 0.29) is 0 Å². The lowest BCUT2D eigenvalue weighted by atomic mass is 10.1. The van der Waals surface area contributed by atoms with Crippen LogP contribution in [-0.2, 0) is 4.74 Å². The van der Waals surface area contributed by atoms with Crippen molar-refractivity contribution in [2.75, 3.05) is 32.9 Å². The number of morpholine rings is 1. The lowest BCUT2D eigenvalue weighted by Crippen LogP contribution is -2.40. The van der Waals surface area contributed by atoms with Crippen LogP contribution in [0.4, 0.5) is 0 Å². The number of ether oxygens (including phenoxy) is 2. The van der Waals surface area contributed by atoms with Crippen LogP contribution in [0.15, 0.2) is 24.3 Å². The second kappa shape index (κ2) is 5.68. The van der Waals surface area contributed by atoms with Gasteiger partial charge in [0.05, 0.1) is 19.8 Å². The SMILES string of the molecule is CCOc1cccc(C(=N)N2CCOCC2)c1. The molecule has 1 aliphatic heterocycles. The van der Waals surface area contributed by atoms with Gasteiger partial charge in [0.2, 0.25) is 0 Å². The summed E-state index contributed by atoms with van der Waals surface area (Å²) in [7, 11) is 0. The Morgan fingerprint density at radius 1 is 1.41 bits per heavy atom. The summed E-state index contributed by atoms with van der Waals surface area (Å²) in [6, 6.07) is 7.70. The largest absolute Gasteiger partial charge is 0.494 e. The molecule has 4 heteroatoms. The molecule has 17 heavy (non-hydrogen) atoms. The molecule has 1 N–H and O–H groups in total. The van der Waals surface area contributed by atoms with Crippen molar-refractivity contribution < 1.29 is 9.47 Å². The topological polar surface area (TPSA) is 45.5 Å². The van der Waals surface area contributed by atoms with Gasteiger partial charge in [-0.05, 0) is 19.1 Å². The standard InChI is InChI=1S/C13H18N2O2/c1-2-17-12-5-3-4-11(10-12)13(14)15-6-8-16-9-7-15/h3-5,10,14H,2,6-9H2,1H3. The third-order valence-corrected chi connectivity index (χ3v) is 2.75. The van der Waals surface area contributed by atoms with E-state index in [9.17, 15) is 0 Å². The van der Waals surface area contributed by atoms with Gasteiger partial charge in [0, 0.05) is 18.7 Å². The summed E-state index contributed by atoms with van der Waals surface area (Å²) in [6.07, 6.45) is 0. The Morgan fingerprint density at radius 2 is 2.18 bits per heavy atom. The second-order valence-electron chi connectivity index (χ2n) is 3.91. The lowest BCUT2D eigenvalue weighted by molar-refractivity contribution is 0.0680. The first kappa shape index (κ1) is 11.9. The molecule has 0 radical (unpaired) electrons. The van der Waals surface area contributed by atoms with Crippen molar-refractivity contribution in [2.24, 2.45) is 0 Å². The number of hydrogen-bond acceptors (Lipinski definition) is 3. The average molecular weight is 234 g/mol. The molecule has 92 valence electrons. The van der Waals surface area contributed by atoms with Gasteiger partial charge >= 0.3 is 0 Å². The number of amidine groups is 1. The molecule has 2 rings (SSSR count). The van der Waals surface area contributed by atoms with Crippen LogP contribution in [0, 0.1) is 5.41 Å². The maximum atomic E-state index is 8.17. The fraction of sp³-hybridized carbons (Fsp3) is 0.462. The molecule has 1 aromatic carbocycles. The van der Waals surface area contributed by atoms with Gasteiger partial charge in [0.25, 0.3) is 0 Å². The van der Waals surface area contributed by atoms with Crippen LogP contribution >= 0.6 is 0 Å². The Kier molecular flexibility index (Phi) is 3.98. The first-order valence-corrected chi connectivity index (χ1v) is 5.95. The molecule has 0 bridgehead atoms. The van der Waals surface area contributed by atoms with E-state index < -0.39 is 0 Å². The average Bonchev–Trinajstić information content (AvgIpc) is 2.40. The normalized spacial score (nSPS) is 15.7. The molecule has 0 atom stereocenters. The van der Waals surface area contributed by atoms with Gasteiger partial charge in [0.15, 0.2) is 0 Å². The molecule has 1 heterocycles. The molecule has 0 amide bonds. The third-order valence-electron chi connectivity index (χ3n) is 2.75. The Labute approximate surface area is 102 Å². The van der Waals surface area contributed by atoms with Gasteiger partial charge < -0.3 is 14.4 Å². The van der Waals surface area contributed by atoms with E-state index >= 15 is 0 Å². The Balaban J connectivity index is 2.09. The van der Waals surface area contributed by atoms with Crippen LogP contribution in [0.1, 0.15) is 12.5 Å². The van der Waals surface area contributed by atoms with Crippen molar-refractivity contribution in [3.05, 3.63) is 29.8 Å². The molecule has 1 saturated heterocycles. The molecule has 0 spiro atoms. The van der Waals surface area contributed by atoms with E-state index in [1.54, 1.807) is 0 Å². The van der Waals surface area contributed by atoms with E-state index in [0.29, 0.717) is 25.7 Å². The molecule has 1 fully saturated rings. The molecular weight excluding hydrogens is 216 g/mol. The minimum Gasteiger partial charge on any atom is -0.494 e. The van der Waals surface area contributed by atoms with E-state index in [2.05, 4.69) is 0 Å². The van der Waals surface area contributed by atoms with Gasteiger partial charge in [-0.3, -0.25) is 5.41 Å². The minimum absolute atomic E-state index is 0.551. The summed E-state index contributed by atoms with van der Waals surface area (Å²) >= 11 is 0. The molecule has 1 aromatic rings. The monoisotopic (exact) mass is 234 g/mol. The highest BCUT2D eigenvalue weighted by molar-refractivity contribution is 5.96. The van der Waals surface area contributed by atoms with Gasteiger partial charge in [-0.15, -0.1) is 0 Å². The summed E-state index contributed by atoms with van der Waals surface area (Å²) in [5, 5.41) is 8.17. The lowest BCUT2D eigenvalue weighted by Gasteiger charge is -2.29. The Bertz CT molecular complexity index is 387. The molecule has 0 aliphatic carbocycles. The highest BCUT2D eigenvalue weighted by atomic mass is 16.5.